The van der Waals surface area contributed by atoms with Crippen LogP contribution in [-0.4, -0.2) is 42.8 Å². The van der Waals surface area contributed by atoms with Crippen LogP contribution in [0.25, 0.3) is 0 Å². The lowest BCUT2D eigenvalue weighted by Gasteiger charge is -2.32. The maximum Gasteiger partial charge on any atom is 0.255 e. The van der Waals surface area contributed by atoms with Crippen molar-refractivity contribution in [1.29, 1.82) is 0 Å². The molecule has 1 unspecified atom stereocenters. The van der Waals surface area contributed by atoms with Crippen LogP contribution in [0.4, 0.5) is 5.69 Å². The number of nitrogens with zero attached hydrogens (tertiary/aromatic N) is 1. The normalized spacial score (nSPS) is 16.4. The van der Waals surface area contributed by atoms with Crippen molar-refractivity contribution in [3.05, 3.63) is 65.2 Å². The van der Waals surface area contributed by atoms with Gasteiger partial charge in [0.25, 0.3) is 11.8 Å². The molecule has 3 rings (SSSR count). The number of nitrogens with one attached hydrogen (secondary N) is 2. The number of hydrogen-bond acceptors (Lipinski definition) is 3. The molecule has 0 radical (unpaired) electrons. The van der Waals surface area contributed by atoms with Crippen LogP contribution in [0, 0.1) is 12.8 Å². The van der Waals surface area contributed by atoms with E-state index in [2.05, 4.69) is 10.6 Å². The van der Waals surface area contributed by atoms with Gasteiger partial charge >= 0.3 is 0 Å². The number of anilines is 1. The van der Waals surface area contributed by atoms with E-state index in [9.17, 15) is 14.4 Å². The summed E-state index contributed by atoms with van der Waals surface area (Å²) in [5, 5.41) is 5.52. The first-order chi connectivity index (χ1) is 13.5. The van der Waals surface area contributed by atoms with E-state index < -0.39 is 0 Å². The zero-order valence-corrected chi connectivity index (χ0v) is 16.2. The van der Waals surface area contributed by atoms with Crippen LogP contribution in [0.2, 0.25) is 0 Å². The lowest BCUT2D eigenvalue weighted by Crippen LogP contribution is -2.44. The van der Waals surface area contributed by atoms with Crippen LogP contribution < -0.4 is 10.6 Å². The van der Waals surface area contributed by atoms with E-state index in [-0.39, 0.29) is 23.6 Å². The smallest absolute Gasteiger partial charge is 0.255 e. The molecule has 0 spiro atoms. The first-order valence-electron chi connectivity index (χ1n) is 9.47. The zero-order valence-electron chi connectivity index (χ0n) is 16.2. The predicted molar refractivity (Wildman–Crippen MR) is 108 cm³/mol. The highest BCUT2D eigenvalue weighted by molar-refractivity contribution is 6.06. The number of amides is 3. The van der Waals surface area contributed by atoms with Gasteiger partial charge in [-0.2, -0.15) is 0 Å². The standard InChI is InChI=1S/C22H25N3O3/c1-15-7-3-4-11-19(15)21(27)24-18-10-5-8-16(13-18)22(28)25-12-6-9-17(14-25)20(26)23-2/h3-5,7-8,10-11,13,17H,6,9,12,14H2,1-2H3,(H,23,26)(H,24,27). The minimum Gasteiger partial charge on any atom is -0.359 e. The van der Waals surface area contributed by atoms with Gasteiger partial charge in [0.2, 0.25) is 5.91 Å². The summed E-state index contributed by atoms with van der Waals surface area (Å²) in [5.74, 6) is -0.538. The summed E-state index contributed by atoms with van der Waals surface area (Å²) in [5.41, 5.74) is 2.56. The van der Waals surface area contributed by atoms with Gasteiger partial charge in [-0.05, 0) is 49.6 Å². The summed E-state index contributed by atoms with van der Waals surface area (Å²) < 4.78 is 0. The number of aryl methyl sites for hydroxylation is 1. The fraction of sp³-hybridized carbons (Fsp3) is 0.318. The molecule has 2 aromatic carbocycles. The molecule has 3 amide bonds. The third kappa shape index (κ3) is 4.39. The number of piperidine rings is 1. The molecule has 1 aliphatic heterocycles. The van der Waals surface area contributed by atoms with Crippen molar-refractivity contribution in [2.24, 2.45) is 5.92 Å². The van der Waals surface area contributed by atoms with Crippen molar-refractivity contribution in [2.45, 2.75) is 19.8 Å². The minimum atomic E-state index is -0.208. The second-order valence-electron chi connectivity index (χ2n) is 7.05. The summed E-state index contributed by atoms with van der Waals surface area (Å²) in [6, 6.07) is 14.3. The van der Waals surface area contributed by atoms with Crippen LogP contribution in [0.1, 0.15) is 39.1 Å². The molecule has 0 aliphatic carbocycles. The van der Waals surface area contributed by atoms with Crippen LogP contribution in [-0.2, 0) is 4.79 Å². The Labute approximate surface area is 164 Å². The second-order valence-corrected chi connectivity index (χ2v) is 7.05. The van der Waals surface area contributed by atoms with Gasteiger partial charge in [-0.15, -0.1) is 0 Å². The third-order valence-corrected chi connectivity index (χ3v) is 5.08. The molecule has 1 fully saturated rings. The van der Waals surface area contributed by atoms with E-state index in [1.165, 1.54) is 0 Å². The van der Waals surface area contributed by atoms with Gasteiger partial charge in [0.05, 0.1) is 5.92 Å². The van der Waals surface area contributed by atoms with E-state index in [1.54, 1.807) is 42.3 Å². The molecule has 6 nitrogen and oxygen atoms in total. The maximum atomic E-state index is 12.9. The van der Waals surface area contributed by atoms with Crippen molar-refractivity contribution < 1.29 is 14.4 Å². The zero-order chi connectivity index (χ0) is 20.1. The average Bonchev–Trinajstić information content (AvgIpc) is 2.73. The molecule has 1 saturated heterocycles. The van der Waals surface area contributed by atoms with Crippen molar-refractivity contribution in [1.82, 2.24) is 10.2 Å². The number of carbonyl (C=O) groups excluding carboxylic acids is 3. The Morgan fingerprint density at radius 3 is 2.61 bits per heavy atom. The topological polar surface area (TPSA) is 78.5 Å². The lowest BCUT2D eigenvalue weighted by molar-refractivity contribution is -0.125. The number of rotatable bonds is 4. The van der Waals surface area contributed by atoms with E-state index in [1.807, 2.05) is 25.1 Å². The van der Waals surface area contributed by atoms with Gasteiger partial charge in [0.15, 0.2) is 0 Å². The fourth-order valence-electron chi connectivity index (χ4n) is 3.52. The second kappa shape index (κ2) is 8.69. The highest BCUT2D eigenvalue weighted by Crippen LogP contribution is 2.21. The fourth-order valence-corrected chi connectivity index (χ4v) is 3.52. The van der Waals surface area contributed by atoms with E-state index in [0.29, 0.717) is 29.9 Å². The number of hydrogen-bond donors (Lipinski definition) is 2. The summed E-state index contributed by atoms with van der Waals surface area (Å²) in [6.45, 7) is 2.93. The molecule has 1 heterocycles. The Balaban J connectivity index is 1.72. The maximum absolute atomic E-state index is 12.9. The van der Waals surface area contributed by atoms with Crippen LogP contribution in [0.3, 0.4) is 0 Å². The first-order valence-corrected chi connectivity index (χ1v) is 9.47. The molecular formula is C22H25N3O3. The largest absolute Gasteiger partial charge is 0.359 e. The van der Waals surface area contributed by atoms with Gasteiger partial charge in [0.1, 0.15) is 0 Å². The van der Waals surface area contributed by atoms with Gasteiger partial charge < -0.3 is 15.5 Å². The highest BCUT2D eigenvalue weighted by atomic mass is 16.2. The number of likely N-dealkylation sites (tertiary alicyclic amines) is 1. The summed E-state index contributed by atoms with van der Waals surface area (Å²) in [6.07, 6.45) is 1.59. The Morgan fingerprint density at radius 1 is 1.07 bits per heavy atom. The summed E-state index contributed by atoms with van der Waals surface area (Å²) in [7, 11) is 1.61. The van der Waals surface area contributed by atoms with Crippen molar-refractivity contribution in [3.63, 3.8) is 0 Å². The molecule has 1 atom stereocenters. The molecule has 2 aromatic rings. The van der Waals surface area contributed by atoms with Gasteiger partial charge in [-0.25, -0.2) is 0 Å². The van der Waals surface area contributed by atoms with Crippen molar-refractivity contribution in [2.75, 3.05) is 25.5 Å². The molecule has 146 valence electrons. The Bertz CT molecular complexity index is 894. The summed E-state index contributed by atoms with van der Waals surface area (Å²) >= 11 is 0. The Hall–Kier alpha value is -3.15. The molecule has 0 bridgehead atoms. The first kappa shape index (κ1) is 19.6. The predicted octanol–water partition coefficient (Wildman–Crippen LogP) is 2.85. The molecule has 6 heteroatoms. The molecule has 0 saturated carbocycles. The molecule has 1 aliphatic rings. The number of benzene rings is 2. The molecule has 0 aromatic heterocycles. The SMILES string of the molecule is CNC(=O)C1CCCN(C(=O)c2cccc(NC(=O)c3ccccc3C)c2)C1. The quantitative estimate of drug-likeness (QED) is 0.857. The molecule has 2 N–H and O–H groups in total. The average molecular weight is 379 g/mol. The monoisotopic (exact) mass is 379 g/mol. The van der Waals surface area contributed by atoms with Crippen molar-refractivity contribution in [3.8, 4) is 0 Å². The Kier molecular flexibility index (Phi) is 6.09. The van der Waals surface area contributed by atoms with Gasteiger partial charge in [0, 0.05) is 37.0 Å². The summed E-state index contributed by atoms with van der Waals surface area (Å²) in [4.78, 5) is 39.0. The number of carbonyl (C=O) groups is 3. The molecular weight excluding hydrogens is 354 g/mol. The molecule has 28 heavy (non-hydrogen) atoms. The minimum absolute atomic E-state index is 0.0308. The third-order valence-electron chi connectivity index (χ3n) is 5.08. The van der Waals surface area contributed by atoms with Crippen molar-refractivity contribution >= 4 is 23.4 Å². The van der Waals surface area contributed by atoms with E-state index >= 15 is 0 Å². The highest BCUT2D eigenvalue weighted by Gasteiger charge is 2.28. The van der Waals surface area contributed by atoms with Crippen LogP contribution in [0.15, 0.2) is 48.5 Å². The van der Waals surface area contributed by atoms with E-state index in [0.717, 1.165) is 18.4 Å². The lowest BCUT2D eigenvalue weighted by atomic mass is 9.96. The van der Waals surface area contributed by atoms with Crippen LogP contribution in [0.5, 0.6) is 0 Å². The Morgan fingerprint density at radius 2 is 1.86 bits per heavy atom. The van der Waals surface area contributed by atoms with Gasteiger partial charge in [-0.1, -0.05) is 24.3 Å². The van der Waals surface area contributed by atoms with Crippen LogP contribution >= 0.6 is 0 Å². The van der Waals surface area contributed by atoms with Gasteiger partial charge in [-0.3, -0.25) is 14.4 Å². The van der Waals surface area contributed by atoms with E-state index in [4.69, 9.17) is 0 Å².